The highest BCUT2D eigenvalue weighted by Gasteiger charge is 2.23. The summed E-state index contributed by atoms with van der Waals surface area (Å²) >= 11 is 5.98. The van der Waals surface area contributed by atoms with E-state index in [9.17, 15) is 9.59 Å². The van der Waals surface area contributed by atoms with Gasteiger partial charge in [0.1, 0.15) is 17.1 Å². The summed E-state index contributed by atoms with van der Waals surface area (Å²) in [4.78, 5) is 25.2. The molecule has 1 N–H and O–H groups in total. The second-order valence-corrected chi connectivity index (χ2v) is 6.72. The number of anilines is 1. The van der Waals surface area contributed by atoms with Crippen molar-refractivity contribution in [2.24, 2.45) is 0 Å². The van der Waals surface area contributed by atoms with Crippen LogP contribution in [0.2, 0.25) is 5.02 Å². The maximum Gasteiger partial charge on any atom is 0.342 e. The Hall–Kier alpha value is -3.25. The highest BCUT2D eigenvalue weighted by Crippen LogP contribution is 2.29. The Labute approximate surface area is 173 Å². The number of hydrogen-bond donors (Lipinski definition) is 1. The quantitative estimate of drug-likeness (QED) is 0.593. The minimum Gasteiger partial charge on any atom is -0.496 e. The number of hydrogen-bond acceptors (Lipinski definition) is 5. The molecule has 0 aliphatic rings. The van der Waals surface area contributed by atoms with Crippen LogP contribution in [0.25, 0.3) is 10.8 Å². The number of methoxy groups -OCH3 is 2. The third-order valence-electron chi connectivity index (χ3n) is 4.36. The van der Waals surface area contributed by atoms with Gasteiger partial charge in [0.25, 0.3) is 5.91 Å². The maximum absolute atomic E-state index is 12.7. The Morgan fingerprint density at radius 3 is 2.24 bits per heavy atom. The summed E-state index contributed by atoms with van der Waals surface area (Å²) in [5.74, 6) is -0.359. The van der Waals surface area contributed by atoms with Gasteiger partial charge in [-0.25, -0.2) is 4.79 Å². The minimum atomic E-state index is -1.05. The second kappa shape index (κ2) is 8.84. The Bertz CT molecular complexity index is 1070. The van der Waals surface area contributed by atoms with Crippen molar-refractivity contribution in [1.29, 1.82) is 0 Å². The molecular weight excluding hydrogens is 394 g/mol. The van der Waals surface area contributed by atoms with Gasteiger partial charge in [0.2, 0.25) is 0 Å². The van der Waals surface area contributed by atoms with E-state index in [-0.39, 0.29) is 5.56 Å². The van der Waals surface area contributed by atoms with Gasteiger partial charge in [-0.15, -0.1) is 0 Å². The largest absolute Gasteiger partial charge is 0.496 e. The number of fused-ring (bicyclic) bond motifs is 1. The van der Waals surface area contributed by atoms with Gasteiger partial charge in [0.05, 0.1) is 19.9 Å². The van der Waals surface area contributed by atoms with Crippen molar-refractivity contribution < 1.29 is 23.8 Å². The lowest BCUT2D eigenvalue weighted by Gasteiger charge is -2.16. The van der Waals surface area contributed by atoms with Gasteiger partial charge in [-0.1, -0.05) is 35.9 Å². The molecule has 7 heteroatoms. The zero-order valence-electron chi connectivity index (χ0n) is 16.2. The smallest absolute Gasteiger partial charge is 0.342 e. The number of nitrogens with one attached hydrogen (secondary N) is 1. The van der Waals surface area contributed by atoms with E-state index in [1.165, 1.54) is 21.1 Å². The fourth-order valence-corrected chi connectivity index (χ4v) is 3.01. The molecule has 1 atom stereocenters. The number of carbonyl (C=O) groups is 2. The maximum atomic E-state index is 12.7. The summed E-state index contributed by atoms with van der Waals surface area (Å²) in [6, 6.07) is 15.8. The normalized spacial score (nSPS) is 11.6. The summed E-state index contributed by atoms with van der Waals surface area (Å²) in [5.41, 5.74) is 0.627. The fourth-order valence-electron chi connectivity index (χ4n) is 2.84. The number of ether oxygens (including phenoxy) is 3. The fraction of sp³-hybridized carbons (Fsp3) is 0.182. The van der Waals surface area contributed by atoms with Crippen LogP contribution < -0.4 is 14.8 Å². The molecule has 150 valence electrons. The van der Waals surface area contributed by atoms with Crippen LogP contribution in [0.3, 0.4) is 0 Å². The number of carbonyl (C=O) groups excluding carboxylic acids is 2. The summed E-state index contributed by atoms with van der Waals surface area (Å²) in [7, 11) is 2.96. The minimum absolute atomic E-state index is 0.242. The average Bonchev–Trinajstić information content (AvgIpc) is 2.72. The van der Waals surface area contributed by atoms with Crippen LogP contribution in [0.4, 0.5) is 5.69 Å². The molecule has 29 heavy (non-hydrogen) atoms. The molecule has 0 spiro atoms. The molecule has 3 rings (SSSR count). The molecule has 6 nitrogen and oxygen atoms in total. The first kappa shape index (κ1) is 20.5. The standard InChI is InChI=1S/C22H20ClNO5/c1-13(21(25)24-18-12-16(23)8-9-19(18)27-2)29-22(26)17-10-14-6-4-5-7-15(14)11-20(17)28-3/h4-13H,1-3H3,(H,24,25). The molecule has 1 amide bonds. The molecule has 0 bridgehead atoms. The number of benzene rings is 3. The predicted molar refractivity (Wildman–Crippen MR) is 112 cm³/mol. The molecule has 3 aromatic carbocycles. The van der Waals surface area contributed by atoms with Crippen LogP contribution in [-0.4, -0.2) is 32.2 Å². The molecule has 0 aliphatic heterocycles. The lowest BCUT2D eigenvalue weighted by Crippen LogP contribution is -2.30. The summed E-state index contributed by atoms with van der Waals surface area (Å²) in [6.45, 7) is 1.48. The number of amides is 1. The second-order valence-electron chi connectivity index (χ2n) is 6.28. The van der Waals surface area contributed by atoms with Gasteiger partial charge in [0.15, 0.2) is 6.10 Å². The van der Waals surface area contributed by atoms with E-state index in [0.29, 0.717) is 22.2 Å². The van der Waals surface area contributed by atoms with Crippen LogP contribution in [0.15, 0.2) is 54.6 Å². The van der Waals surface area contributed by atoms with Crippen molar-refractivity contribution in [1.82, 2.24) is 0 Å². The van der Waals surface area contributed by atoms with E-state index in [4.69, 9.17) is 25.8 Å². The Kier molecular flexibility index (Phi) is 6.24. The van der Waals surface area contributed by atoms with Gasteiger partial charge in [-0.2, -0.15) is 0 Å². The first-order chi connectivity index (χ1) is 13.9. The van der Waals surface area contributed by atoms with Crippen molar-refractivity contribution in [3.8, 4) is 11.5 Å². The van der Waals surface area contributed by atoms with E-state index < -0.39 is 18.0 Å². The van der Waals surface area contributed by atoms with Crippen molar-refractivity contribution in [2.45, 2.75) is 13.0 Å². The van der Waals surface area contributed by atoms with Crippen LogP contribution in [-0.2, 0) is 9.53 Å². The van der Waals surface area contributed by atoms with E-state index in [0.717, 1.165) is 10.8 Å². The van der Waals surface area contributed by atoms with E-state index in [2.05, 4.69) is 5.32 Å². The van der Waals surface area contributed by atoms with Crippen LogP contribution in [0.5, 0.6) is 11.5 Å². The van der Waals surface area contributed by atoms with E-state index in [1.54, 1.807) is 30.3 Å². The van der Waals surface area contributed by atoms with Crippen molar-refractivity contribution >= 4 is 39.9 Å². The molecule has 3 aromatic rings. The number of rotatable bonds is 6. The van der Waals surface area contributed by atoms with Gasteiger partial charge in [-0.05, 0) is 48.0 Å². The Morgan fingerprint density at radius 2 is 1.59 bits per heavy atom. The predicted octanol–water partition coefficient (Wildman–Crippen LogP) is 4.69. The molecule has 0 aliphatic carbocycles. The number of halogens is 1. The lowest BCUT2D eigenvalue weighted by atomic mass is 10.1. The van der Waals surface area contributed by atoms with E-state index in [1.807, 2.05) is 24.3 Å². The zero-order valence-corrected chi connectivity index (χ0v) is 16.9. The first-order valence-electron chi connectivity index (χ1n) is 8.85. The molecule has 0 saturated heterocycles. The topological polar surface area (TPSA) is 73.9 Å². The number of esters is 1. The first-order valence-corrected chi connectivity index (χ1v) is 9.23. The van der Waals surface area contributed by atoms with Gasteiger partial charge >= 0.3 is 5.97 Å². The van der Waals surface area contributed by atoms with Crippen LogP contribution >= 0.6 is 11.6 Å². The zero-order chi connectivity index (χ0) is 21.0. The molecule has 0 heterocycles. The van der Waals surface area contributed by atoms with Crippen LogP contribution in [0, 0.1) is 0 Å². The average molecular weight is 414 g/mol. The van der Waals surface area contributed by atoms with Gasteiger partial charge in [0, 0.05) is 5.02 Å². The van der Waals surface area contributed by atoms with Crippen LogP contribution in [0.1, 0.15) is 17.3 Å². The highest BCUT2D eigenvalue weighted by molar-refractivity contribution is 6.31. The van der Waals surface area contributed by atoms with Gasteiger partial charge < -0.3 is 19.5 Å². The molecule has 0 fully saturated rings. The lowest BCUT2D eigenvalue weighted by molar-refractivity contribution is -0.123. The Balaban J connectivity index is 1.77. The third-order valence-corrected chi connectivity index (χ3v) is 4.60. The monoisotopic (exact) mass is 413 g/mol. The summed E-state index contributed by atoms with van der Waals surface area (Å²) in [6.07, 6.45) is -1.05. The molecular formula is C22H20ClNO5. The summed E-state index contributed by atoms with van der Waals surface area (Å²) in [5, 5.41) is 4.89. The molecule has 0 aromatic heterocycles. The van der Waals surface area contributed by atoms with E-state index >= 15 is 0 Å². The SMILES string of the molecule is COc1ccc(Cl)cc1NC(=O)C(C)OC(=O)c1cc2ccccc2cc1OC. The highest BCUT2D eigenvalue weighted by atomic mass is 35.5. The summed E-state index contributed by atoms with van der Waals surface area (Å²) < 4.78 is 15.9. The molecule has 0 saturated carbocycles. The molecule has 1 unspecified atom stereocenters. The van der Waals surface area contributed by atoms with Crippen molar-refractivity contribution in [3.05, 3.63) is 65.2 Å². The van der Waals surface area contributed by atoms with Crippen molar-refractivity contribution in [3.63, 3.8) is 0 Å². The third kappa shape index (κ3) is 4.60. The van der Waals surface area contributed by atoms with Crippen molar-refractivity contribution in [2.75, 3.05) is 19.5 Å². The molecule has 0 radical (unpaired) electrons. The van der Waals surface area contributed by atoms with Gasteiger partial charge in [-0.3, -0.25) is 4.79 Å². The Morgan fingerprint density at radius 1 is 0.931 bits per heavy atom.